The van der Waals surface area contributed by atoms with Gasteiger partial charge in [0, 0.05) is 26.8 Å². The Bertz CT molecular complexity index is 656. The third-order valence-electron chi connectivity index (χ3n) is 3.78. The number of aliphatic hydroxyl groups is 1. The molecule has 2 atom stereocenters. The number of hydrogen-bond acceptors (Lipinski definition) is 6. The first-order chi connectivity index (χ1) is 11.0. The molecule has 2 aromatic heterocycles. The largest absolute Gasteiger partial charge is 0.389 e. The fraction of sp³-hybridized carbons (Fsp3) is 0.429. The van der Waals surface area contributed by atoms with E-state index >= 15 is 0 Å². The molecule has 0 unspecified atom stereocenters. The molecule has 0 saturated carbocycles. The van der Waals surface area contributed by atoms with Gasteiger partial charge in [-0.15, -0.1) is 5.10 Å². The number of hydrogen-bond donors (Lipinski definition) is 2. The summed E-state index contributed by atoms with van der Waals surface area (Å²) in [5, 5.41) is 20.5. The number of nitrogens with one attached hydrogen (secondary N) is 1. The Morgan fingerprint density at radius 3 is 2.83 bits per heavy atom. The Morgan fingerprint density at radius 1 is 1.39 bits per heavy atom. The van der Waals surface area contributed by atoms with Crippen molar-refractivity contribution in [2.24, 2.45) is 0 Å². The number of β-amino-alcohol motifs (C(OH)–C–C–N with tert-alkyl or cyclic N) is 1. The molecule has 1 fully saturated rings. The zero-order valence-electron chi connectivity index (χ0n) is 13.0. The van der Waals surface area contributed by atoms with Gasteiger partial charge in [-0.2, -0.15) is 0 Å². The molecule has 0 spiro atoms. The van der Waals surface area contributed by atoms with Crippen molar-refractivity contribution in [3.63, 3.8) is 0 Å². The summed E-state index contributed by atoms with van der Waals surface area (Å²) < 4.78 is 1.57. The molecule has 0 aliphatic carbocycles. The van der Waals surface area contributed by atoms with Crippen LogP contribution in [0.5, 0.6) is 0 Å². The number of pyridine rings is 1. The quantitative estimate of drug-likeness (QED) is 0.838. The van der Waals surface area contributed by atoms with Crippen LogP contribution in [0, 0.1) is 0 Å². The second-order valence-electron chi connectivity index (χ2n) is 5.65. The lowest BCUT2D eigenvalue weighted by molar-refractivity contribution is 0.139. The fourth-order valence-corrected chi connectivity index (χ4v) is 2.52. The van der Waals surface area contributed by atoms with Gasteiger partial charge in [0.25, 0.3) is 0 Å². The minimum absolute atomic E-state index is 0.250. The van der Waals surface area contributed by atoms with Gasteiger partial charge in [0.15, 0.2) is 0 Å². The maximum atomic E-state index is 12.3. The number of aromatic nitrogens is 4. The smallest absolute Gasteiger partial charge is 0.322 e. The van der Waals surface area contributed by atoms with E-state index in [4.69, 9.17) is 0 Å². The predicted octanol–water partition coefficient (Wildman–Crippen LogP) is 0.189. The Morgan fingerprint density at radius 2 is 2.22 bits per heavy atom. The lowest BCUT2D eigenvalue weighted by Crippen LogP contribution is -2.33. The average Bonchev–Trinajstić information content (AvgIpc) is 3.16. The van der Waals surface area contributed by atoms with Crippen molar-refractivity contribution in [1.29, 1.82) is 0 Å². The molecule has 0 aromatic carbocycles. The molecular formula is C14H19N7O2. The summed E-state index contributed by atoms with van der Waals surface area (Å²) in [6, 6.07) is 3.07. The van der Waals surface area contributed by atoms with Crippen LogP contribution >= 0.6 is 0 Å². The number of likely N-dealkylation sites (tertiary alicyclic amines) is 1. The van der Waals surface area contributed by atoms with Crippen molar-refractivity contribution in [3.8, 4) is 0 Å². The second kappa shape index (κ2) is 6.21. The number of carbonyl (C=O) groups is 1. The van der Waals surface area contributed by atoms with Gasteiger partial charge in [-0.05, 0) is 12.1 Å². The molecule has 9 nitrogen and oxygen atoms in total. The molecule has 0 radical (unpaired) electrons. The minimum atomic E-state index is -0.670. The standard InChI is InChI=1S/C14H19N7O2/c1-19(2)13-4-3-10(7-15-13)17-14(23)20-8-11(12(22)9-20)21-6-5-16-18-21/h3-7,11-12,22H,8-9H2,1-2H3,(H,17,23)/t11-,12-/m1/s1. The van der Waals surface area contributed by atoms with E-state index in [0.29, 0.717) is 12.2 Å². The van der Waals surface area contributed by atoms with Crippen LogP contribution in [0.2, 0.25) is 0 Å². The molecule has 1 aliphatic rings. The van der Waals surface area contributed by atoms with Crippen LogP contribution in [-0.2, 0) is 0 Å². The Kier molecular flexibility index (Phi) is 4.11. The zero-order valence-corrected chi connectivity index (χ0v) is 13.0. The van der Waals surface area contributed by atoms with Crippen molar-refractivity contribution in [2.45, 2.75) is 12.1 Å². The van der Waals surface area contributed by atoms with Gasteiger partial charge in [0.05, 0.1) is 36.8 Å². The molecule has 2 N–H and O–H groups in total. The van der Waals surface area contributed by atoms with Crippen molar-refractivity contribution in [3.05, 3.63) is 30.7 Å². The van der Waals surface area contributed by atoms with Crippen LogP contribution in [-0.4, -0.2) is 69.3 Å². The molecule has 23 heavy (non-hydrogen) atoms. The highest BCUT2D eigenvalue weighted by atomic mass is 16.3. The monoisotopic (exact) mass is 317 g/mol. The van der Waals surface area contributed by atoms with E-state index in [9.17, 15) is 9.90 Å². The fourth-order valence-electron chi connectivity index (χ4n) is 2.52. The van der Waals surface area contributed by atoms with Crippen molar-refractivity contribution < 1.29 is 9.90 Å². The molecular weight excluding hydrogens is 298 g/mol. The van der Waals surface area contributed by atoms with Gasteiger partial charge < -0.3 is 20.2 Å². The van der Waals surface area contributed by atoms with E-state index in [0.717, 1.165) is 5.82 Å². The van der Waals surface area contributed by atoms with Crippen LogP contribution in [0.25, 0.3) is 0 Å². The van der Waals surface area contributed by atoms with Crippen LogP contribution in [0.3, 0.4) is 0 Å². The molecule has 2 amide bonds. The van der Waals surface area contributed by atoms with Crippen LogP contribution in [0.4, 0.5) is 16.3 Å². The van der Waals surface area contributed by atoms with Crippen LogP contribution < -0.4 is 10.2 Å². The Balaban J connectivity index is 1.62. The first-order valence-electron chi connectivity index (χ1n) is 7.28. The number of urea groups is 1. The summed E-state index contributed by atoms with van der Waals surface area (Å²) in [6.07, 6.45) is 4.16. The molecule has 1 saturated heterocycles. The SMILES string of the molecule is CN(C)c1ccc(NC(=O)N2C[C@@H](O)[C@H](n3ccnn3)C2)cn1. The lowest BCUT2D eigenvalue weighted by Gasteiger charge is -2.17. The summed E-state index contributed by atoms with van der Waals surface area (Å²) >= 11 is 0. The summed E-state index contributed by atoms with van der Waals surface area (Å²) in [4.78, 5) is 20.0. The van der Waals surface area contributed by atoms with E-state index < -0.39 is 6.10 Å². The minimum Gasteiger partial charge on any atom is -0.389 e. The maximum absolute atomic E-state index is 12.3. The summed E-state index contributed by atoms with van der Waals surface area (Å²) in [5.41, 5.74) is 0.610. The van der Waals surface area contributed by atoms with Gasteiger partial charge in [-0.1, -0.05) is 5.21 Å². The van der Waals surface area contributed by atoms with E-state index in [1.54, 1.807) is 34.2 Å². The zero-order chi connectivity index (χ0) is 16.4. The number of nitrogens with zero attached hydrogens (tertiary/aromatic N) is 6. The molecule has 9 heteroatoms. The molecule has 3 rings (SSSR count). The first-order valence-corrected chi connectivity index (χ1v) is 7.28. The topological polar surface area (TPSA) is 99.4 Å². The molecule has 0 bridgehead atoms. The molecule has 1 aliphatic heterocycles. The van der Waals surface area contributed by atoms with E-state index in [-0.39, 0.29) is 18.6 Å². The number of carbonyl (C=O) groups excluding carboxylic acids is 1. The van der Waals surface area contributed by atoms with Gasteiger partial charge >= 0.3 is 6.03 Å². The molecule has 122 valence electrons. The summed E-state index contributed by atoms with van der Waals surface area (Å²) in [7, 11) is 3.80. The third-order valence-corrected chi connectivity index (χ3v) is 3.78. The number of amides is 2. The van der Waals surface area contributed by atoms with Gasteiger partial charge in [0.1, 0.15) is 5.82 Å². The highest BCUT2D eigenvalue weighted by Gasteiger charge is 2.35. The predicted molar refractivity (Wildman–Crippen MR) is 84.2 cm³/mol. The maximum Gasteiger partial charge on any atom is 0.322 e. The van der Waals surface area contributed by atoms with Crippen LogP contribution in [0.15, 0.2) is 30.7 Å². The van der Waals surface area contributed by atoms with Gasteiger partial charge in [-0.3, -0.25) is 0 Å². The second-order valence-corrected chi connectivity index (χ2v) is 5.65. The lowest BCUT2D eigenvalue weighted by atomic mass is 10.2. The Labute approximate surface area is 133 Å². The highest BCUT2D eigenvalue weighted by molar-refractivity contribution is 5.89. The van der Waals surface area contributed by atoms with Crippen molar-refractivity contribution in [2.75, 3.05) is 37.4 Å². The average molecular weight is 317 g/mol. The highest BCUT2D eigenvalue weighted by Crippen LogP contribution is 2.22. The van der Waals surface area contributed by atoms with E-state index in [1.165, 1.54) is 0 Å². The summed E-state index contributed by atoms with van der Waals surface area (Å²) in [5.74, 6) is 0.811. The first kappa shape index (κ1) is 15.2. The normalized spacial score (nSPS) is 20.6. The van der Waals surface area contributed by atoms with Gasteiger partial charge in [0.2, 0.25) is 0 Å². The van der Waals surface area contributed by atoms with Crippen LogP contribution in [0.1, 0.15) is 6.04 Å². The Hall–Kier alpha value is -2.68. The van der Waals surface area contributed by atoms with Crippen molar-refractivity contribution >= 4 is 17.5 Å². The van der Waals surface area contributed by atoms with E-state index in [2.05, 4.69) is 20.6 Å². The van der Waals surface area contributed by atoms with E-state index in [1.807, 2.05) is 25.1 Å². The van der Waals surface area contributed by atoms with Crippen molar-refractivity contribution in [1.82, 2.24) is 24.9 Å². The number of anilines is 2. The number of aliphatic hydroxyl groups excluding tert-OH is 1. The molecule has 3 heterocycles. The summed E-state index contributed by atoms with van der Waals surface area (Å²) in [6.45, 7) is 0.624. The number of rotatable bonds is 3. The molecule has 2 aromatic rings. The van der Waals surface area contributed by atoms with Gasteiger partial charge in [-0.25, -0.2) is 14.5 Å². The third kappa shape index (κ3) is 3.24.